The molecule has 0 fully saturated rings. The van der Waals surface area contributed by atoms with E-state index in [2.05, 4.69) is 10.1 Å². The van der Waals surface area contributed by atoms with E-state index in [1.807, 2.05) is 42.5 Å². The van der Waals surface area contributed by atoms with Gasteiger partial charge in [0.2, 0.25) is 0 Å². The number of carbonyl (C=O) groups excluding carboxylic acids is 2. The first-order chi connectivity index (χ1) is 10.7. The van der Waals surface area contributed by atoms with E-state index in [4.69, 9.17) is 5.73 Å². The van der Waals surface area contributed by atoms with Gasteiger partial charge in [-0.15, -0.1) is 0 Å². The van der Waals surface area contributed by atoms with Gasteiger partial charge in [0, 0.05) is 12.1 Å². The SMILES string of the molecule is COC(=O)[C@H](CN)NC(=O)c1ccc(-c2ccccc2)cc1. The third-order valence-electron chi connectivity index (χ3n) is 3.28. The number of methoxy groups -OCH3 is 1. The smallest absolute Gasteiger partial charge is 0.329 e. The van der Waals surface area contributed by atoms with Gasteiger partial charge in [-0.3, -0.25) is 4.79 Å². The molecule has 0 saturated heterocycles. The van der Waals surface area contributed by atoms with Gasteiger partial charge in [0.15, 0.2) is 0 Å². The van der Waals surface area contributed by atoms with Gasteiger partial charge in [-0.25, -0.2) is 4.79 Å². The summed E-state index contributed by atoms with van der Waals surface area (Å²) in [6.45, 7) is -0.0134. The van der Waals surface area contributed by atoms with E-state index in [9.17, 15) is 9.59 Å². The van der Waals surface area contributed by atoms with Gasteiger partial charge >= 0.3 is 5.97 Å². The number of hydrogen-bond acceptors (Lipinski definition) is 4. The minimum absolute atomic E-state index is 0.0134. The molecule has 3 N–H and O–H groups in total. The van der Waals surface area contributed by atoms with E-state index in [-0.39, 0.29) is 12.5 Å². The maximum absolute atomic E-state index is 12.1. The van der Waals surface area contributed by atoms with Crippen molar-refractivity contribution in [3.63, 3.8) is 0 Å². The predicted octanol–water partition coefficient (Wildman–Crippen LogP) is 1.58. The predicted molar refractivity (Wildman–Crippen MR) is 84.2 cm³/mol. The van der Waals surface area contributed by atoms with E-state index in [1.54, 1.807) is 12.1 Å². The minimum Gasteiger partial charge on any atom is -0.467 e. The standard InChI is InChI=1S/C17H18N2O3/c1-22-17(21)15(11-18)19-16(20)14-9-7-13(8-10-14)12-5-3-2-4-6-12/h2-10,15H,11,18H2,1H3,(H,19,20)/t15-/m0/s1. The van der Waals surface area contributed by atoms with Crippen LogP contribution in [0.1, 0.15) is 10.4 Å². The summed E-state index contributed by atoms with van der Waals surface area (Å²) in [7, 11) is 1.26. The summed E-state index contributed by atoms with van der Waals surface area (Å²) < 4.78 is 4.58. The lowest BCUT2D eigenvalue weighted by molar-refractivity contribution is -0.142. The highest BCUT2D eigenvalue weighted by Gasteiger charge is 2.20. The van der Waals surface area contributed by atoms with Crippen molar-refractivity contribution in [1.29, 1.82) is 0 Å². The van der Waals surface area contributed by atoms with Crippen LogP contribution >= 0.6 is 0 Å². The second-order valence-electron chi connectivity index (χ2n) is 4.73. The number of benzene rings is 2. The lowest BCUT2D eigenvalue weighted by Crippen LogP contribution is -2.46. The molecular weight excluding hydrogens is 280 g/mol. The molecular formula is C17H18N2O3. The summed E-state index contributed by atoms with van der Waals surface area (Å²) in [6, 6.07) is 16.2. The first-order valence-corrected chi connectivity index (χ1v) is 6.90. The van der Waals surface area contributed by atoms with E-state index in [1.165, 1.54) is 7.11 Å². The largest absolute Gasteiger partial charge is 0.467 e. The molecule has 5 heteroatoms. The van der Waals surface area contributed by atoms with E-state index in [0.29, 0.717) is 5.56 Å². The van der Waals surface area contributed by atoms with Crippen molar-refractivity contribution in [2.24, 2.45) is 5.73 Å². The third-order valence-corrected chi connectivity index (χ3v) is 3.28. The highest BCUT2D eigenvalue weighted by Crippen LogP contribution is 2.19. The second-order valence-corrected chi connectivity index (χ2v) is 4.73. The summed E-state index contributed by atoms with van der Waals surface area (Å²) in [5.41, 5.74) is 8.01. The molecule has 0 aliphatic heterocycles. The number of nitrogens with two attached hydrogens (primary N) is 1. The van der Waals surface area contributed by atoms with Crippen molar-refractivity contribution in [1.82, 2.24) is 5.32 Å². The zero-order valence-electron chi connectivity index (χ0n) is 12.3. The van der Waals surface area contributed by atoms with Crippen molar-refractivity contribution in [2.45, 2.75) is 6.04 Å². The Bertz CT molecular complexity index is 639. The fourth-order valence-corrected chi connectivity index (χ4v) is 2.04. The van der Waals surface area contributed by atoms with Crippen molar-refractivity contribution >= 4 is 11.9 Å². The topological polar surface area (TPSA) is 81.4 Å². The lowest BCUT2D eigenvalue weighted by atomic mass is 10.0. The Morgan fingerprint density at radius 2 is 1.64 bits per heavy atom. The second kappa shape index (κ2) is 7.38. The van der Waals surface area contributed by atoms with Crippen LogP contribution < -0.4 is 11.1 Å². The fraction of sp³-hybridized carbons (Fsp3) is 0.176. The molecule has 0 aromatic heterocycles. The molecule has 2 rings (SSSR count). The molecule has 2 aromatic carbocycles. The van der Waals surface area contributed by atoms with Gasteiger partial charge in [-0.05, 0) is 23.3 Å². The first kappa shape index (κ1) is 15.7. The lowest BCUT2D eigenvalue weighted by Gasteiger charge is -2.14. The molecule has 0 heterocycles. The normalized spacial score (nSPS) is 11.5. The Hall–Kier alpha value is -2.66. The van der Waals surface area contributed by atoms with Crippen LogP contribution in [0.2, 0.25) is 0 Å². The van der Waals surface area contributed by atoms with E-state index < -0.39 is 12.0 Å². The highest BCUT2D eigenvalue weighted by molar-refractivity contribution is 5.97. The van der Waals surface area contributed by atoms with Gasteiger partial charge in [0.25, 0.3) is 5.91 Å². The van der Waals surface area contributed by atoms with Crippen LogP contribution in [0.5, 0.6) is 0 Å². The molecule has 0 spiro atoms. The molecule has 0 bridgehead atoms. The van der Waals surface area contributed by atoms with Gasteiger partial charge in [-0.2, -0.15) is 0 Å². The van der Waals surface area contributed by atoms with Crippen LogP contribution in [0.3, 0.4) is 0 Å². The number of esters is 1. The average molecular weight is 298 g/mol. The number of ether oxygens (including phenoxy) is 1. The molecule has 0 aliphatic carbocycles. The Morgan fingerprint density at radius 3 is 2.18 bits per heavy atom. The van der Waals surface area contributed by atoms with E-state index >= 15 is 0 Å². The van der Waals surface area contributed by atoms with Crippen molar-refractivity contribution < 1.29 is 14.3 Å². The zero-order chi connectivity index (χ0) is 15.9. The molecule has 114 valence electrons. The van der Waals surface area contributed by atoms with E-state index in [0.717, 1.165) is 11.1 Å². The molecule has 0 saturated carbocycles. The minimum atomic E-state index is -0.841. The highest BCUT2D eigenvalue weighted by atomic mass is 16.5. The molecule has 1 atom stereocenters. The average Bonchev–Trinajstić information content (AvgIpc) is 2.59. The molecule has 5 nitrogen and oxygen atoms in total. The molecule has 0 unspecified atom stereocenters. The van der Waals surface area contributed by atoms with Crippen molar-refractivity contribution in [3.8, 4) is 11.1 Å². The number of amides is 1. The third kappa shape index (κ3) is 3.71. The molecule has 1 amide bonds. The quantitative estimate of drug-likeness (QED) is 0.821. The van der Waals surface area contributed by atoms with Gasteiger partial charge in [0.1, 0.15) is 6.04 Å². The maximum Gasteiger partial charge on any atom is 0.329 e. The molecule has 2 aromatic rings. The van der Waals surface area contributed by atoms with Crippen LogP contribution in [0.25, 0.3) is 11.1 Å². The molecule has 0 aliphatic rings. The zero-order valence-corrected chi connectivity index (χ0v) is 12.3. The number of nitrogens with one attached hydrogen (secondary N) is 1. The summed E-state index contributed by atoms with van der Waals surface area (Å²) in [5, 5.41) is 2.55. The van der Waals surface area contributed by atoms with Gasteiger partial charge in [-0.1, -0.05) is 42.5 Å². The van der Waals surface area contributed by atoms with Gasteiger partial charge in [0.05, 0.1) is 7.11 Å². The fourth-order valence-electron chi connectivity index (χ4n) is 2.04. The van der Waals surface area contributed by atoms with Crippen LogP contribution in [0, 0.1) is 0 Å². The number of carbonyl (C=O) groups is 2. The molecule has 22 heavy (non-hydrogen) atoms. The number of hydrogen-bond donors (Lipinski definition) is 2. The Kier molecular flexibility index (Phi) is 5.27. The maximum atomic E-state index is 12.1. The molecule has 0 radical (unpaired) electrons. The monoisotopic (exact) mass is 298 g/mol. The Morgan fingerprint density at radius 1 is 1.05 bits per heavy atom. The Balaban J connectivity index is 2.10. The summed E-state index contributed by atoms with van der Waals surface area (Å²) in [5.74, 6) is -0.919. The van der Waals surface area contributed by atoms with Gasteiger partial charge < -0.3 is 15.8 Å². The van der Waals surface area contributed by atoms with Crippen molar-refractivity contribution in [2.75, 3.05) is 13.7 Å². The number of rotatable bonds is 5. The van der Waals surface area contributed by atoms with Crippen molar-refractivity contribution in [3.05, 3.63) is 60.2 Å². The summed E-state index contributed by atoms with van der Waals surface area (Å²) >= 11 is 0. The van der Waals surface area contributed by atoms with Crippen LogP contribution in [-0.4, -0.2) is 31.6 Å². The van der Waals surface area contributed by atoms with Crippen LogP contribution in [0.4, 0.5) is 0 Å². The summed E-state index contributed by atoms with van der Waals surface area (Å²) in [4.78, 5) is 23.5. The Labute approximate surface area is 129 Å². The van der Waals surface area contributed by atoms with Crippen LogP contribution in [0.15, 0.2) is 54.6 Å². The first-order valence-electron chi connectivity index (χ1n) is 6.90. The summed E-state index contributed by atoms with van der Waals surface area (Å²) in [6.07, 6.45) is 0. The van der Waals surface area contributed by atoms with Crippen LogP contribution in [-0.2, 0) is 9.53 Å².